The van der Waals surface area contributed by atoms with E-state index in [1.807, 2.05) is 24.3 Å². The fourth-order valence-electron chi connectivity index (χ4n) is 3.16. The zero-order valence-electron chi connectivity index (χ0n) is 15.9. The van der Waals surface area contributed by atoms with Gasteiger partial charge in [-0.3, -0.25) is 10.1 Å². The summed E-state index contributed by atoms with van der Waals surface area (Å²) >= 11 is 0. The number of unbranched alkanes of at least 4 members (excludes halogenated alkanes) is 2. The number of non-ortho nitro benzene ring substituents is 1. The number of nitrogens with zero attached hydrogens (tertiary/aromatic N) is 1. The molecule has 27 heavy (non-hydrogen) atoms. The third-order valence-corrected chi connectivity index (χ3v) is 4.76. The van der Waals surface area contributed by atoms with E-state index < -0.39 is 4.92 Å². The molecule has 0 amide bonds. The molecule has 0 aliphatic carbocycles. The van der Waals surface area contributed by atoms with Gasteiger partial charge in [-0.25, -0.2) is 0 Å². The molecular weight excluding hydrogens is 344 g/mol. The Morgan fingerprint density at radius 1 is 1.11 bits per heavy atom. The number of anilines is 1. The highest BCUT2D eigenvalue weighted by Gasteiger charge is 2.23. The first kappa shape index (κ1) is 20.7. The number of aliphatic hydroxyl groups is 1. The van der Waals surface area contributed by atoms with Crippen LogP contribution in [0.5, 0.6) is 5.75 Å². The Morgan fingerprint density at radius 3 is 2.30 bits per heavy atom. The number of ether oxygens (including phenoxy) is 1. The summed E-state index contributed by atoms with van der Waals surface area (Å²) < 4.78 is 5.20. The highest BCUT2D eigenvalue weighted by Crippen LogP contribution is 2.32. The van der Waals surface area contributed by atoms with Crippen molar-refractivity contribution in [3.05, 3.63) is 64.2 Å². The maximum absolute atomic E-state index is 10.9. The normalized spacial score (nSPS) is 13.0. The molecule has 2 aromatic carbocycles. The maximum Gasteiger partial charge on any atom is 0.269 e. The molecule has 0 heterocycles. The van der Waals surface area contributed by atoms with E-state index in [-0.39, 0.29) is 24.3 Å². The lowest BCUT2D eigenvalue weighted by Crippen LogP contribution is -2.24. The van der Waals surface area contributed by atoms with Gasteiger partial charge in [0.15, 0.2) is 0 Å². The second kappa shape index (κ2) is 10.5. The van der Waals surface area contributed by atoms with Crippen molar-refractivity contribution in [3.63, 3.8) is 0 Å². The molecule has 0 unspecified atom stereocenters. The summed E-state index contributed by atoms with van der Waals surface area (Å²) in [7, 11) is 1.62. The van der Waals surface area contributed by atoms with Gasteiger partial charge in [0.25, 0.3) is 5.69 Å². The SMILES string of the molecule is CCCCC[C@H](CO)[C@H](Nc1ccc(OC)cc1)c1ccc([N+](=O)[O-])cc1. The Balaban J connectivity index is 2.26. The second-order valence-electron chi connectivity index (χ2n) is 6.64. The minimum Gasteiger partial charge on any atom is -0.497 e. The second-order valence-corrected chi connectivity index (χ2v) is 6.64. The van der Waals surface area contributed by atoms with E-state index in [9.17, 15) is 15.2 Å². The fourth-order valence-corrected chi connectivity index (χ4v) is 3.16. The molecule has 2 N–H and O–H groups in total. The number of hydrogen-bond acceptors (Lipinski definition) is 5. The number of hydrogen-bond donors (Lipinski definition) is 2. The number of methoxy groups -OCH3 is 1. The first-order valence-corrected chi connectivity index (χ1v) is 9.34. The van der Waals surface area contributed by atoms with Crippen molar-refractivity contribution in [1.82, 2.24) is 0 Å². The summed E-state index contributed by atoms with van der Waals surface area (Å²) in [6.45, 7) is 2.20. The van der Waals surface area contributed by atoms with Crippen molar-refractivity contribution < 1.29 is 14.8 Å². The standard InChI is InChI=1S/C21H28N2O4/c1-3-4-5-6-17(15-24)21(16-7-11-19(12-8-16)23(25)26)22-18-9-13-20(27-2)14-10-18/h7-14,17,21-22,24H,3-6,15H2,1-2H3/t17-,21-/m1/s1. The van der Waals surface area contributed by atoms with Crippen molar-refractivity contribution in [2.45, 2.75) is 38.6 Å². The fraction of sp³-hybridized carbons (Fsp3) is 0.429. The predicted octanol–water partition coefficient (Wildman–Crippen LogP) is 4.95. The van der Waals surface area contributed by atoms with Gasteiger partial charge in [0.2, 0.25) is 0 Å². The molecule has 2 rings (SSSR count). The van der Waals surface area contributed by atoms with Crippen LogP contribution >= 0.6 is 0 Å². The number of aliphatic hydroxyl groups excluding tert-OH is 1. The first-order chi connectivity index (χ1) is 13.1. The average Bonchev–Trinajstić information content (AvgIpc) is 2.70. The van der Waals surface area contributed by atoms with Crippen LogP contribution in [0.1, 0.15) is 44.2 Å². The Kier molecular flexibility index (Phi) is 8.07. The number of nitro groups is 1. The van der Waals surface area contributed by atoms with E-state index in [0.29, 0.717) is 0 Å². The molecule has 146 valence electrons. The lowest BCUT2D eigenvalue weighted by molar-refractivity contribution is -0.384. The predicted molar refractivity (Wildman–Crippen MR) is 107 cm³/mol. The molecule has 0 bridgehead atoms. The summed E-state index contributed by atoms with van der Waals surface area (Å²) in [6.07, 6.45) is 4.16. The molecule has 0 aliphatic rings. The molecule has 6 heteroatoms. The zero-order valence-corrected chi connectivity index (χ0v) is 15.9. The molecule has 2 aromatic rings. The number of nitrogens with one attached hydrogen (secondary N) is 1. The quantitative estimate of drug-likeness (QED) is 0.331. The van der Waals surface area contributed by atoms with Crippen molar-refractivity contribution in [1.29, 1.82) is 0 Å². The van der Waals surface area contributed by atoms with Crippen LogP contribution in [0, 0.1) is 16.0 Å². The van der Waals surface area contributed by atoms with Crippen LogP contribution < -0.4 is 10.1 Å². The number of rotatable bonds is 11. The first-order valence-electron chi connectivity index (χ1n) is 9.34. The molecule has 0 aromatic heterocycles. The summed E-state index contributed by atoms with van der Waals surface area (Å²) in [5, 5.41) is 24.4. The molecule has 0 spiro atoms. The van der Waals surface area contributed by atoms with Gasteiger partial charge in [0, 0.05) is 30.3 Å². The van der Waals surface area contributed by atoms with Crippen molar-refractivity contribution >= 4 is 11.4 Å². The van der Waals surface area contributed by atoms with E-state index in [4.69, 9.17) is 4.74 Å². The van der Waals surface area contributed by atoms with E-state index in [0.717, 1.165) is 42.7 Å². The molecule has 0 saturated carbocycles. The summed E-state index contributed by atoms with van der Waals surface area (Å²) in [4.78, 5) is 10.5. The molecule has 2 atom stereocenters. The Labute approximate surface area is 160 Å². The van der Waals surface area contributed by atoms with E-state index >= 15 is 0 Å². The summed E-state index contributed by atoms with van der Waals surface area (Å²) in [5.74, 6) is 0.786. The van der Waals surface area contributed by atoms with Crippen LogP contribution in [0.25, 0.3) is 0 Å². The van der Waals surface area contributed by atoms with Gasteiger partial charge in [-0.15, -0.1) is 0 Å². The molecule has 0 saturated heterocycles. The van der Waals surface area contributed by atoms with E-state index in [1.165, 1.54) is 12.1 Å². The zero-order chi connectivity index (χ0) is 19.6. The molecular formula is C21H28N2O4. The monoisotopic (exact) mass is 372 g/mol. The van der Waals surface area contributed by atoms with Crippen molar-refractivity contribution in [2.24, 2.45) is 5.92 Å². The summed E-state index contributed by atoms with van der Waals surface area (Å²) in [5.41, 5.74) is 1.90. The largest absolute Gasteiger partial charge is 0.497 e. The average molecular weight is 372 g/mol. The minimum atomic E-state index is -0.402. The molecule has 0 aliphatic heterocycles. The van der Waals surface area contributed by atoms with Gasteiger partial charge < -0.3 is 15.2 Å². The van der Waals surface area contributed by atoms with Crippen molar-refractivity contribution in [2.75, 3.05) is 19.0 Å². The van der Waals surface area contributed by atoms with Crippen LogP contribution in [-0.4, -0.2) is 23.7 Å². The van der Waals surface area contributed by atoms with Gasteiger partial charge in [-0.2, -0.15) is 0 Å². The lowest BCUT2D eigenvalue weighted by Gasteiger charge is -2.28. The Bertz CT molecular complexity index is 701. The van der Waals surface area contributed by atoms with Crippen molar-refractivity contribution in [3.8, 4) is 5.75 Å². The van der Waals surface area contributed by atoms with Crippen LogP contribution in [0.3, 0.4) is 0 Å². The van der Waals surface area contributed by atoms with Gasteiger partial charge >= 0.3 is 0 Å². The Hall–Kier alpha value is -2.60. The third-order valence-electron chi connectivity index (χ3n) is 4.76. The van der Waals surface area contributed by atoms with Crippen LogP contribution in [-0.2, 0) is 0 Å². The van der Waals surface area contributed by atoms with Gasteiger partial charge in [-0.1, -0.05) is 38.3 Å². The smallest absolute Gasteiger partial charge is 0.269 e. The van der Waals surface area contributed by atoms with E-state index in [2.05, 4.69) is 12.2 Å². The van der Waals surface area contributed by atoms with Crippen LogP contribution in [0.15, 0.2) is 48.5 Å². The van der Waals surface area contributed by atoms with Crippen LogP contribution in [0.2, 0.25) is 0 Å². The van der Waals surface area contributed by atoms with E-state index in [1.54, 1.807) is 19.2 Å². The molecule has 0 radical (unpaired) electrons. The topological polar surface area (TPSA) is 84.6 Å². The molecule has 6 nitrogen and oxygen atoms in total. The van der Waals surface area contributed by atoms with Gasteiger partial charge in [0.05, 0.1) is 18.1 Å². The lowest BCUT2D eigenvalue weighted by atomic mass is 9.88. The third kappa shape index (κ3) is 5.96. The van der Waals surface area contributed by atoms with Crippen LogP contribution in [0.4, 0.5) is 11.4 Å². The highest BCUT2D eigenvalue weighted by molar-refractivity contribution is 5.49. The van der Waals surface area contributed by atoms with Gasteiger partial charge in [0.1, 0.15) is 5.75 Å². The number of benzene rings is 2. The Morgan fingerprint density at radius 2 is 1.78 bits per heavy atom. The number of nitro benzene ring substituents is 1. The minimum absolute atomic E-state index is 0.0140. The summed E-state index contributed by atoms with van der Waals surface area (Å²) in [6, 6.07) is 14.0. The maximum atomic E-state index is 10.9. The molecule has 0 fully saturated rings. The van der Waals surface area contributed by atoms with Gasteiger partial charge in [-0.05, 0) is 36.2 Å². The highest BCUT2D eigenvalue weighted by atomic mass is 16.6.